The van der Waals surface area contributed by atoms with Crippen molar-refractivity contribution >= 4 is 17.3 Å². The van der Waals surface area contributed by atoms with E-state index in [9.17, 15) is 20.0 Å². The molecule has 1 aromatic carbocycles. The lowest BCUT2D eigenvalue weighted by Gasteiger charge is -2.25. The van der Waals surface area contributed by atoms with E-state index in [1.807, 2.05) is 0 Å². The predicted octanol–water partition coefficient (Wildman–Crippen LogP) is 3.63. The van der Waals surface area contributed by atoms with Gasteiger partial charge in [0, 0.05) is 12.6 Å². The first-order chi connectivity index (χ1) is 9.75. The van der Waals surface area contributed by atoms with Crippen LogP contribution >= 0.6 is 0 Å². The van der Waals surface area contributed by atoms with Gasteiger partial charge in [0.25, 0.3) is 5.69 Å². The van der Waals surface area contributed by atoms with Gasteiger partial charge in [0.2, 0.25) is 0 Å². The average molecular weight is 294 g/mol. The molecule has 6 heteroatoms. The van der Waals surface area contributed by atoms with Crippen LogP contribution in [-0.2, 0) is 0 Å². The summed E-state index contributed by atoms with van der Waals surface area (Å²) in [6, 6.07) is 4.07. The zero-order valence-corrected chi connectivity index (χ0v) is 12.8. The fraction of sp³-hybridized carbons (Fsp3) is 0.533. The van der Waals surface area contributed by atoms with Gasteiger partial charge in [0.05, 0.1) is 10.5 Å². The maximum Gasteiger partial charge on any atom is 0.338 e. The van der Waals surface area contributed by atoms with Gasteiger partial charge in [-0.25, -0.2) is 4.79 Å². The summed E-state index contributed by atoms with van der Waals surface area (Å²) in [6.45, 7) is 8.85. The topological polar surface area (TPSA) is 92.5 Å². The first-order valence-electron chi connectivity index (χ1n) is 7.00. The Morgan fingerprint density at radius 2 is 1.86 bits per heavy atom. The fourth-order valence-electron chi connectivity index (χ4n) is 2.52. The van der Waals surface area contributed by atoms with E-state index in [1.54, 1.807) is 0 Å². The van der Waals surface area contributed by atoms with Crippen LogP contribution in [0.5, 0.6) is 0 Å². The molecule has 0 amide bonds. The van der Waals surface area contributed by atoms with Gasteiger partial charge in [-0.2, -0.15) is 0 Å². The number of hydrogen-bond acceptors (Lipinski definition) is 4. The fourth-order valence-corrected chi connectivity index (χ4v) is 2.52. The van der Waals surface area contributed by atoms with E-state index < -0.39 is 10.9 Å². The van der Waals surface area contributed by atoms with Gasteiger partial charge in [0.1, 0.15) is 5.69 Å². The molecule has 1 aromatic rings. The molecule has 21 heavy (non-hydrogen) atoms. The number of carboxylic acids is 1. The van der Waals surface area contributed by atoms with Crippen LogP contribution in [0, 0.1) is 27.9 Å². The molecule has 0 bridgehead atoms. The molecular weight excluding hydrogens is 272 g/mol. The van der Waals surface area contributed by atoms with Crippen LogP contribution in [-0.4, -0.2) is 22.5 Å². The Balaban J connectivity index is 3.11. The normalized spacial score (nSPS) is 11.2. The van der Waals surface area contributed by atoms with Crippen molar-refractivity contribution in [1.82, 2.24) is 0 Å². The molecule has 0 aliphatic heterocycles. The molecule has 0 saturated heterocycles. The summed E-state index contributed by atoms with van der Waals surface area (Å²) in [4.78, 5) is 21.8. The lowest BCUT2D eigenvalue weighted by atomic mass is 9.85. The Bertz CT molecular complexity index is 486. The number of para-hydroxylation sites is 1. The van der Waals surface area contributed by atoms with Crippen molar-refractivity contribution in [2.45, 2.75) is 27.7 Å². The van der Waals surface area contributed by atoms with Crippen molar-refractivity contribution in [1.29, 1.82) is 0 Å². The average Bonchev–Trinajstić information content (AvgIpc) is 2.37. The molecular formula is C15H22N2O4. The maximum atomic E-state index is 11.2. The third-order valence-corrected chi connectivity index (χ3v) is 3.70. The summed E-state index contributed by atoms with van der Waals surface area (Å²) >= 11 is 0. The number of nitrogens with zero attached hydrogens (tertiary/aromatic N) is 1. The van der Waals surface area contributed by atoms with Crippen LogP contribution in [0.1, 0.15) is 38.1 Å². The highest BCUT2D eigenvalue weighted by Gasteiger charge is 2.23. The van der Waals surface area contributed by atoms with Crippen LogP contribution in [0.3, 0.4) is 0 Å². The number of aromatic carboxylic acids is 1. The van der Waals surface area contributed by atoms with Crippen LogP contribution in [0.25, 0.3) is 0 Å². The van der Waals surface area contributed by atoms with Gasteiger partial charge < -0.3 is 10.4 Å². The molecule has 0 radical (unpaired) electrons. The Hall–Kier alpha value is -2.11. The predicted molar refractivity (Wildman–Crippen MR) is 81.7 cm³/mol. The first kappa shape index (κ1) is 16.9. The van der Waals surface area contributed by atoms with Crippen LogP contribution in [0.2, 0.25) is 0 Å². The Morgan fingerprint density at radius 1 is 1.29 bits per heavy atom. The quantitative estimate of drug-likeness (QED) is 0.591. The summed E-state index contributed by atoms with van der Waals surface area (Å²) in [5, 5.41) is 23.3. The number of rotatable bonds is 7. The van der Waals surface area contributed by atoms with Gasteiger partial charge in [-0.15, -0.1) is 0 Å². The third-order valence-electron chi connectivity index (χ3n) is 3.70. The van der Waals surface area contributed by atoms with E-state index in [1.165, 1.54) is 18.2 Å². The Kier molecular flexibility index (Phi) is 5.69. The van der Waals surface area contributed by atoms with Crippen molar-refractivity contribution in [2.75, 3.05) is 11.9 Å². The molecule has 0 aliphatic carbocycles. The van der Waals surface area contributed by atoms with E-state index >= 15 is 0 Å². The summed E-state index contributed by atoms with van der Waals surface area (Å²) in [5.41, 5.74) is -0.196. The van der Waals surface area contributed by atoms with E-state index in [0.29, 0.717) is 24.3 Å². The lowest BCUT2D eigenvalue weighted by Crippen LogP contribution is -2.25. The van der Waals surface area contributed by atoms with E-state index in [-0.39, 0.29) is 16.9 Å². The van der Waals surface area contributed by atoms with Gasteiger partial charge in [-0.1, -0.05) is 33.8 Å². The number of nitro benzene ring substituents is 1. The standard InChI is InChI=1S/C15H22N2O4/c1-9(2)12(10(3)4)8-16-14-11(15(18)19)6-5-7-13(14)17(20)21/h5-7,9-10,12,16H,8H2,1-4H3,(H,18,19). The number of carbonyl (C=O) groups is 1. The largest absolute Gasteiger partial charge is 0.478 e. The van der Waals surface area contributed by atoms with Gasteiger partial charge in [0.15, 0.2) is 0 Å². The van der Waals surface area contributed by atoms with E-state index in [4.69, 9.17) is 0 Å². The molecule has 6 nitrogen and oxygen atoms in total. The zero-order chi connectivity index (χ0) is 16.2. The van der Waals surface area contributed by atoms with Crippen LogP contribution in [0.4, 0.5) is 11.4 Å². The lowest BCUT2D eigenvalue weighted by molar-refractivity contribution is -0.384. The number of anilines is 1. The highest BCUT2D eigenvalue weighted by molar-refractivity contribution is 5.96. The second kappa shape index (κ2) is 7.06. The number of nitro groups is 1. The molecule has 0 aromatic heterocycles. The van der Waals surface area contributed by atoms with Gasteiger partial charge >= 0.3 is 5.97 Å². The summed E-state index contributed by atoms with van der Waals surface area (Å²) in [6.07, 6.45) is 0. The zero-order valence-electron chi connectivity index (χ0n) is 12.8. The number of benzene rings is 1. The second-order valence-electron chi connectivity index (χ2n) is 5.79. The summed E-state index contributed by atoms with van der Waals surface area (Å²) < 4.78 is 0. The minimum Gasteiger partial charge on any atom is -0.478 e. The number of carboxylic acid groups (broad SMARTS) is 1. The molecule has 0 unspecified atom stereocenters. The molecule has 0 saturated carbocycles. The summed E-state index contributed by atoms with van der Waals surface area (Å²) in [7, 11) is 0. The molecule has 2 N–H and O–H groups in total. The molecule has 0 fully saturated rings. The Labute approximate surface area is 124 Å². The van der Waals surface area contributed by atoms with Gasteiger partial charge in [-0.3, -0.25) is 10.1 Å². The molecule has 116 valence electrons. The molecule has 0 atom stereocenters. The first-order valence-corrected chi connectivity index (χ1v) is 7.00. The summed E-state index contributed by atoms with van der Waals surface area (Å²) in [5.74, 6) is -0.0830. The van der Waals surface area contributed by atoms with Crippen molar-refractivity contribution in [2.24, 2.45) is 17.8 Å². The van der Waals surface area contributed by atoms with Gasteiger partial charge in [-0.05, 0) is 23.8 Å². The van der Waals surface area contributed by atoms with Crippen LogP contribution < -0.4 is 5.32 Å². The SMILES string of the molecule is CC(C)C(CNc1c(C(=O)O)cccc1[N+](=O)[O-])C(C)C. The van der Waals surface area contributed by atoms with Crippen molar-refractivity contribution in [3.8, 4) is 0 Å². The molecule has 0 aliphatic rings. The van der Waals surface area contributed by atoms with Crippen molar-refractivity contribution < 1.29 is 14.8 Å². The third kappa shape index (κ3) is 4.18. The van der Waals surface area contributed by atoms with Crippen molar-refractivity contribution in [3.63, 3.8) is 0 Å². The Morgan fingerprint density at radius 3 is 2.29 bits per heavy atom. The minimum absolute atomic E-state index is 0.0736. The molecule has 0 spiro atoms. The number of hydrogen-bond donors (Lipinski definition) is 2. The highest BCUT2D eigenvalue weighted by atomic mass is 16.6. The smallest absolute Gasteiger partial charge is 0.338 e. The number of nitrogens with one attached hydrogen (secondary N) is 1. The van der Waals surface area contributed by atoms with E-state index in [0.717, 1.165) is 0 Å². The molecule has 0 heterocycles. The van der Waals surface area contributed by atoms with Crippen molar-refractivity contribution in [3.05, 3.63) is 33.9 Å². The highest BCUT2D eigenvalue weighted by Crippen LogP contribution is 2.30. The minimum atomic E-state index is -1.17. The van der Waals surface area contributed by atoms with E-state index in [2.05, 4.69) is 33.0 Å². The monoisotopic (exact) mass is 294 g/mol. The second-order valence-corrected chi connectivity index (χ2v) is 5.79. The molecule has 1 rings (SSSR count). The maximum absolute atomic E-state index is 11.2. The van der Waals surface area contributed by atoms with Crippen LogP contribution in [0.15, 0.2) is 18.2 Å².